The molecule has 7 heterocycles. The maximum Gasteiger partial charge on any atom is 0.410 e. The van der Waals surface area contributed by atoms with Crippen molar-refractivity contribution in [1.29, 1.82) is 0 Å². The Bertz CT molecular complexity index is 2210. The first-order valence-electron chi connectivity index (χ1n) is 16.9. The summed E-state index contributed by atoms with van der Waals surface area (Å²) in [7, 11) is 0. The molecule has 0 bridgehead atoms. The zero-order valence-electron chi connectivity index (χ0n) is 29.9. The van der Waals surface area contributed by atoms with Crippen molar-refractivity contribution in [3.8, 4) is 0 Å². The van der Waals surface area contributed by atoms with E-state index in [4.69, 9.17) is 38.4 Å². The Morgan fingerprint density at radius 3 is 2.04 bits per heavy atom. The molecule has 7 rings (SSSR count). The number of aromatic nitrogens is 6. The van der Waals surface area contributed by atoms with Gasteiger partial charge >= 0.3 is 17.9 Å². The number of nitrogens with zero attached hydrogens (tertiary/aromatic N) is 7. The van der Waals surface area contributed by atoms with Gasteiger partial charge in [-0.15, -0.1) is 0 Å². The van der Waals surface area contributed by atoms with E-state index in [0.29, 0.717) is 87.4 Å². The van der Waals surface area contributed by atoms with Crippen molar-refractivity contribution in [2.45, 2.75) is 77.7 Å². The molecule has 2 atom stereocenters. The summed E-state index contributed by atoms with van der Waals surface area (Å²) in [6.07, 6.45) is 3.99. The fourth-order valence-electron chi connectivity index (χ4n) is 6.22. The lowest BCUT2D eigenvalue weighted by Crippen LogP contribution is -2.36. The largest absolute Gasteiger partial charge is 0.444 e. The molecule has 2 fully saturated rings. The highest BCUT2D eigenvalue weighted by molar-refractivity contribution is 6.30. The van der Waals surface area contributed by atoms with E-state index in [9.17, 15) is 14.4 Å². The number of fused-ring (bicyclic) bond motifs is 4. The van der Waals surface area contributed by atoms with E-state index in [1.165, 1.54) is 0 Å². The molecular weight excluding hydrogens is 711 g/mol. The molecule has 0 spiro atoms. The van der Waals surface area contributed by atoms with Crippen molar-refractivity contribution in [3.63, 3.8) is 0 Å². The predicted octanol–water partition coefficient (Wildman–Crippen LogP) is 6.39. The molecule has 2 aliphatic heterocycles. The molecule has 0 saturated carbocycles. The second-order valence-corrected chi connectivity index (χ2v) is 15.6. The van der Waals surface area contributed by atoms with Gasteiger partial charge in [-0.2, -0.15) is 0 Å². The number of likely N-dealkylation sites (tertiary alicyclic amines) is 2. The van der Waals surface area contributed by atoms with Gasteiger partial charge in [-0.25, -0.2) is 24.4 Å². The van der Waals surface area contributed by atoms with Crippen LogP contribution < -0.4 is 16.7 Å². The molecule has 2 amide bonds. The molecule has 0 unspecified atom stereocenters. The van der Waals surface area contributed by atoms with Gasteiger partial charge in [0.05, 0.1) is 51.9 Å². The van der Waals surface area contributed by atoms with Crippen molar-refractivity contribution >= 4 is 79.9 Å². The van der Waals surface area contributed by atoms with Gasteiger partial charge in [0, 0.05) is 32.2 Å². The number of rotatable bonds is 3. The average molecular weight is 754 g/mol. The normalized spacial score (nSPS) is 17.8. The van der Waals surface area contributed by atoms with Crippen LogP contribution in [0.1, 0.15) is 60.4 Å². The van der Waals surface area contributed by atoms with Crippen molar-refractivity contribution in [3.05, 3.63) is 57.4 Å². The van der Waals surface area contributed by atoms with Crippen molar-refractivity contribution in [1.82, 2.24) is 39.3 Å². The number of anilines is 2. The van der Waals surface area contributed by atoms with Gasteiger partial charge in [0.25, 0.3) is 0 Å². The Kier molecular flexibility index (Phi) is 10.1. The number of hydrogen-bond acceptors (Lipinski definition) is 11. The number of nitrogen functional groups attached to an aromatic ring is 1. The summed E-state index contributed by atoms with van der Waals surface area (Å²) in [6.45, 7) is 13.2. The lowest BCUT2D eigenvalue weighted by molar-refractivity contribution is 0.0280. The first-order valence-corrected chi connectivity index (χ1v) is 17.7. The molecule has 5 aromatic heterocycles. The Morgan fingerprint density at radius 1 is 0.846 bits per heavy atom. The maximum absolute atomic E-state index is 12.6. The third-order valence-electron chi connectivity index (χ3n) is 8.43. The minimum Gasteiger partial charge on any atom is -0.444 e. The van der Waals surface area contributed by atoms with Crippen LogP contribution in [0.25, 0.3) is 33.1 Å². The van der Waals surface area contributed by atoms with Crippen LogP contribution >= 0.6 is 23.2 Å². The highest BCUT2D eigenvalue weighted by atomic mass is 35.5. The molecule has 52 heavy (non-hydrogen) atoms. The number of carbonyl (C=O) groups excluding carboxylic acids is 2. The topological polar surface area (TPSA) is 186 Å². The highest BCUT2D eigenvalue weighted by Crippen LogP contribution is 2.31. The lowest BCUT2D eigenvalue weighted by Gasteiger charge is -2.24. The number of imidazole rings is 1. The Hall–Kier alpha value is -4.89. The number of pyridine rings is 4. The van der Waals surface area contributed by atoms with Crippen LogP contribution in [0.5, 0.6) is 0 Å². The van der Waals surface area contributed by atoms with E-state index in [0.717, 1.165) is 6.42 Å². The molecule has 2 saturated heterocycles. The molecule has 5 aromatic rings. The summed E-state index contributed by atoms with van der Waals surface area (Å²) in [5.74, 6) is 0. The number of nitrogens with two attached hydrogens (primary N) is 1. The SMILES string of the molecule is CC(C)(C)OC(=O)N1CC[C@H](Nc2c(N)cnc3ccc(Cl)nc23)C1.CC(C)(C)OC(=O)N1CC[C@H](n2c(=O)[nH]c3cnc4ccc(Cl)nc4c32)C1. The zero-order valence-corrected chi connectivity index (χ0v) is 31.4. The minimum atomic E-state index is -0.560. The third kappa shape index (κ3) is 8.26. The molecule has 0 radical (unpaired) electrons. The number of hydrogen-bond donors (Lipinski definition) is 3. The van der Waals surface area contributed by atoms with E-state index in [1.807, 2.05) is 41.5 Å². The van der Waals surface area contributed by atoms with E-state index in [2.05, 4.69) is 30.2 Å². The number of carbonyl (C=O) groups is 2. The lowest BCUT2D eigenvalue weighted by atomic mass is 10.2. The monoisotopic (exact) mass is 752 g/mol. The average Bonchev–Trinajstić information content (AvgIpc) is 3.80. The van der Waals surface area contributed by atoms with Crippen LogP contribution in [0, 0.1) is 0 Å². The molecule has 17 heteroatoms. The van der Waals surface area contributed by atoms with E-state index in [-0.39, 0.29) is 30.0 Å². The van der Waals surface area contributed by atoms with Gasteiger partial charge in [0.2, 0.25) is 0 Å². The zero-order chi connectivity index (χ0) is 37.5. The predicted molar refractivity (Wildman–Crippen MR) is 201 cm³/mol. The first-order chi connectivity index (χ1) is 24.5. The van der Waals surface area contributed by atoms with Crippen LogP contribution in [-0.4, -0.2) is 94.9 Å². The van der Waals surface area contributed by atoms with Crippen LogP contribution in [0.3, 0.4) is 0 Å². The second-order valence-electron chi connectivity index (χ2n) is 14.8. The maximum atomic E-state index is 12.6. The Balaban J connectivity index is 0.000000179. The van der Waals surface area contributed by atoms with E-state index >= 15 is 0 Å². The third-order valence-corrected chi connectivity index (χ3v) is 8.85. The van der Waals surface area contributed by atoms with Crippen LogP contribution in [-0.2, 0) is 9.47 Å². The molecular formula is C35H42Cl2N10O5. The van der Waals surface area contributed by atoms with Gasteiger partial charge in [0.1, 0.15) is 32.5 Å². The summed E-state index contributed by atoms with van der Waals surface area (Å²) in [5.41, 5.74) is 9.77. The van der Waals surface area contributed by atoms with Gasteiger partial charge in [0.15, 0.2) is 0 Å². The van der Waals surface area contributed by atoms with Crippen LogP contribution in [0.15, 0.2) is 41.5 Å². The number of amides is 2. The standard InChI is InChI=1S/C18H20ClN5O3.C17H22ClN5O2/c1-18(2,3)27-17(26)23-7-6-10(9-23)24-15-12(21-16(24)25)8-20-11-4-5-13(19)22-14(11)15;1-17(2,3)25-16(24)23-7-6-10(9-23)21-14-11(19)8-20-12-4-5-13(18)22-15(12)14/h4-5,8,10H,6-7,9H2,1-3H3,(H,21,25);4-5,8,10H,6-7,9,19H2,1-3H3,(H,20,21)/t2*10-/m00/s1. The second kappa shape index (κ2) is 14.3. The highest BCUT2D eigenvalue weighted by Gasteiger charge is 2.33. The molecule has 2 aliphatic rings. The van der Waals surface area contributed by atoms with E-state index in [1.54, 1.807) is 51.0 Å². The summed E-state index contributed by atoms with van der Waals surface area (Å²) in [5, 5.41) is 4.10. The summed E-state index contributed by atoms with van der Waals surface area (Å²) in [6, 6.07) is 6.81. The minimum absolute atomic E-state index is 0.0567. The Morgan fingerprint density at radius 2 is 1.40 bits per heavy atom. The van der Waals surface area contributed by atoms with Crippen molar-refractivity contribution < 1.29 is 19.1 Å². The molecule has 0 aliphatic carbocycles. The number of H-pyrrole nitrogens is 1. The van der Waals surface area contributed by atoms with Crippen LogP contribution in [0.4, 0.5) is 21.0 Å². The van der Waals surface area contributed by atoms with Gasteiger partial charge in [-0.3, -0.25) is 14.5 Å². The van der Waals surface area contributed by atoms with Gasteiger partial charge in [-0.1, -0.05) is 23.2 Å². The molecule has 0 aromatic carbocycles. The number of nitrogens with one attached hydrogen (secondary N) is 2. The fourth-order valence-corrected chi connectivity index (χ4v) is 6.51. The van der Waals surface area contributed by atoms with E-state index < -0.39 is 11.2 Å². The van der Waals surface area contributed by atoms with Gasteiger partial charge < -0.3 is 35.3 Å². The molecule has 15 nitrogen and oxygen atoms in total. The smallest absolute Gasteiger partial charge is 0.410 e. The van der Waals surface area contributed by atoms with Crippen molar-refractivity contribution in [2.75, 3.05) is 37.2 Å². The number of ether oxygens (including phenoxy) is 2. The van der Waals surface area contributed by atoms with Gasteiger partial charge in [-0.05, 0) is 78.6 Å². The van der Waals surface area contributed by atoms with Crippen molar-refractivity contribution in [2.24, 2.45) is 0 Å². The van der Waals surface area contributed by atoms with Crippen LogP contribution in [0.2, 0.25) is 10.3 Å². The number of halogens is 2. The molecule has 4 N–H and O–H groups in total. The number of aromatic amines is 1. The molecule has 276 valence electrons. The summed E-state index contributed by atoms with van der Waals surface area (Å²) in [4.78, 5) is 60.6. The summed E-state index contributed by atoms with van der Waals surface area (Å²) >= 11 is 12.1. The first kappa shape index (κ1) is 36.9. The Labute approximate surface area is 309 Å². The fraction of sp³-hybridized carbons (Fsp3) is 0.457. The quantitative estimate of drug-likeness (QED) is 0.173. The summed E-state index contributed by atoms with van der Waals surface area (Å²) < 4.78 is 12.5.